The number of rotatable bonds is 6. The van der Waals surface area contributed by atoms with Crippen LogP contribution in [-0.2, 0) is 21.8 Å². The summed E-state index contributed by atoms with van der Waals surface area (Å²) >= 11 is 5.75. The van der Waals surface area contributed by atoms with Crippen molar-refractivity contribution in [3.8, 4) is 0 Å². The summed E-state index contributed by atoms with van der Waals surface area (Å²) in [5, 5.41) is 8.65. The molecule has 0 aliphatic rings. The number of carboxylic acid groups (broad SMARTS) is 1. The topological polar surface area (TPSA) is 63.6 Å². The first-order chi connectivity index (χ1) is 8.56. The van der Waals surface area contributed by atoms with Crippen LogP contribution in [0.1, 0.15) is 34.8 Å². The molecule has 0 unspecified atom stereocenters. The molecule has 0 aliphatic carbocycles. The Bertz CT molecular complexity index is 443. The fraction of sp³-hybridized carbons (Fsp3) is 0.385. The summed E-state index contributed by atoms with van der Waals surface area (Å²) in [6, 6.07) is 5.12. The van der Waals surface area contributed by atoms with Crippen molar-refractivity contribution >= 4 is 23.5 Å². The van der Waals surface area contributed by atoms with Crippen molar-refractivity contribution in [3.05, 3.63) is 34.9 Å². The normalized spacial score (nSPS) is 10.1. The van der Waals surface area contributed by atoms with Crippen molar-refractivity contribution in [1.29, 1.82) is 0 Å². The summed E-state index contributed by atoms with van der Waals surface area (Å²) in [6.07, 6.45) is 0.389. The number of halogens is 1. The molecule has 1 rings (SSSR count). The molecule has 1 aromatic carbocycles. The molecule has 4 nitrogen and oxygen atoms in total. The molecular formula is C13H15ClO4. The maximum absolute atomic E-state index is 11.6. The van der Waals surface area contributed by atoms with E-state index in [1.165, 1.54) is 0 Å². The number of esters is 1. The fourth-order valence-corrected chi connectivity index (χ4v) is 1.72. The van der Waals surface area contributed by atoms with Crippen molar-refractivity contribution in [1.82, 2.24) is 0 Å². The third-order valence-electron chi connectivity index (χ3n) is 2.35. The maximum atomic E-state index is 11.6. The molecule has 5 heteroatoms. The summed E-state index contributed by atoms with van der Waals surface area (Å²) in [5.41, 5.74) is 1.97. The van der Waals surface area contributed by atoms with Gasteiger partial charge in [0, 0.05) is 12.3 Å². The molecule has 18 heavy (non-hydrogen) atoms. The van der Waals surface area contributed by atoms with E-state index in [9.17, 15) is 9.59 Å². The lowest BCUT2D eigenvalue weighted by atomic mass is 10.0. The first-order valence-corrected chi connectivity index (χ1v) is 6.18. The van der Waals surface area contributed by atoms with Gasteiger partial charge in [-0.05, 0) is 36.6 Å². The van der Waals surface area contributed by atoms with Gasteiger partial charge in [0.25, 0.3) is 0 Å². The number of hydrogen-bond donors (Lipinski definition) is 1. The highest BCUT2D eigenvalue weighted by Gasteiger charge is 2.10. The lowest BCUT2D eigenvalue weighted by molar-refractivity contribution is -0.136. The summed E-state index contributed by atoms with van der Waals surface area (Å²) in [5.74, 6) is -1.02. The van der Waals surface area contributed by atoms with Crippen molar-refractivity contribution in [2.45, 2.75) is 25.6 Å². The summed E-state index contributed by atoms with van der Waals surface area (Å²) in [4.78, 5) is 22.2. The van der Waals surface area contributed by atoms with Crippen LogP contribution in [0, 0.1) is 0 Å². The number of carbonyl (C=O) groups is 2. The minimum atomic E-state index is -0.871. The third-order valence-corrected chi connectivity index (χ3v) is 2.65. The van der Waals surface area contributed by atoms with Crippen LogP contribution in [0.15, 0.2) is 18.2 Å². The standard InChI is InChI=1S/C13H15ClO4/c1-2-18-13(17)11-6-9(3-4-12(15)16)5-10(7-11)8-14/h5-7H,2-4,8H2,1H3,(H,15,16). The number of ether oxygens (including phenoxy) is 1. The van der Waals surface area contributed by atoms with Gasteiger partial charge >= 0.3 is 11.9 Å². The SMILES string of the molecule is CCOC(=O)c1cc(CCl)cc(CCC(=O)O)c1. The van der Waals surface area contributed by atoms with Crippen LogP contribution in [0.3, 0.4) is 0 Å². The predicted molar refractivity (Wildman–Crippen MR) is 67.9 cm³/mol. The molecule has 0 radical (unpaired) electrons. The van der Waals surface area contributed by atoms with E-state index in [-0.39, 0.29) is 12.3 Å². The Balaban J connectivity index is 2.93. The van der Waals surface area contributed by atoms with Crippen molar-refractivity contribution in [2.75, 3.05) is 6.61 Å². The minimum absolute atomic E-state index is 0.0218. The van der Waals surface area contributed by atoms with E-state index in [4.69, 9.17) is 21.4 Å². The molecule has 0 saturated carbocycles. The molecule has 0 aromatic heterocycles. The zero-order valence-electron chi connectivity index (χ0n) is 10.1. The number of alkyl halides is 1. The quantitative estimate of drug-likeness (QED) is 0.637. The van der Waals surface area contributed by atoms with Crippen LogP contribution in [0.5, 0.6) is 0 Å². The predicted octanol–water partition coefficient (Wildman–Crippen LogP) is 2.62. The van der Waals surface area contributed by atoms with E-state index in [0.29, 0.717) is 18.6 Å². The Morgan fingerprint density at radius 2 is 1.94 bits per heavy atom. The highest BCUT2D eigenvalue weighted by atomic mass is 35.5. The van der Waals surface area contributed by atoms with E-state index in [2.05, 4.69) is 0 Å². The molecule has 0 bridgehead atoms. The average Bonchev–Trinajstić information content (AvgIpc) is 2.36. The Morgan fingerprint density at radius 3 is 2.50 bits per heavy atom. The Kier molecular flexibility index (Phi) is 5.65. The van der Waals surface area contributed by atoms with Gasteiger partial charge in [-0.15, -0.1) is 11.6 Å². The summed E-state index contributed by atoms with van der Waals surface area (Å²) < 4.78 is 4.91. The average molecular weight is 271 g/mol. The molecule has 0 spiro atoms. The molecule has 98 valence electrons. The van der Waals surface area contributed by atoms with Gasteiger partial charge < -0.3 is 9.84 Å². The van der Waals surface area contributed by atoms with Gasteiger partial charge in [0.05, 0.1) is 12.2 Å². The number of carbonyl (C=O) groups excluding carboxylic acids is 1. The molecular weight excluding hydrogens is 256 g/mol. The van der Waals surface area contributed by atoms with Gasteiger partial charge in [-0.1, -0.05) is 6.07 Å². The highest BCUT2D eigenvalue weighted by molar-refractivity contribution is 6.17. The van der Waals surface area contributed by atoms with E-state index < -0.39 is 11.9 Å². The summed E-state index contributed by atoms with van der Waals surface area (Å²) in [7, 11) is 0. The van der Waals surface area contributed by atoms with Crippen LogP contribution < -0.4 is 0 Å². The molecule has 0 aliphatic heterocycles. The number of carboxylic acids is 1. The molecule has 0 fully saturated rings. The molecule has 1 N–H and O–H groups in total. The zero-order chi connectivity index (χ0) is 13.5. The van der Waals surface area contributed by atoms with Crippen LogP contribution in [0.2, 0.25) is 0 Å². The molecule has 0 atom stereocenters. The van der Waals surface area contributed by atoms with Crippen molar-refractivity contribution < 1.29 is 19.4 Å². The smallest absolute Gasteiger partial charge is 0.338 e. The Labute approximate surface area is 111 Å². The van der Waals surface area contributed by atoms with Crippen LogP contribution in [-0.4, -0.2) is 23.7 Å². The third kappa shape index (κ3) is 4.37. The van der Waals surface area contributed by atoms with E-state index in [1.807, 2.05) is 0 Å². The largest absolute Gasteiger partial charge is 0.481 e. The fourth-order valence-electron chi connectivity index (χ4n) is 1.57. The number of aliphatic carboxylic acids is 1. The number of benzene rings is 1. The Morgan fingerprint density at radius 1 is 1.28 bits per heavy atom. The van der Waals surface area contributed by atoms with Gasteiger partial charge in [0.1, 0.15) is 0 Å². The zero-order valence-corrected chi connectivity index (χ0v) is 10.9. The molecule has 0 heterocycles. The first-order valence-electron chi connectivity index (χ1n) is 5.64. The van der Waals surface area contributed by atoms with Crippen molar-refractivity contribution in [3.63, 3.8) is 0 Å². The lowest BCUT2D eigenvalue weighted by Crippen LogP contribution is -2.06. The van der Waals surface area contributed by atoms with Gasteiger partial charge in [-0.25, -0.2) is 4.79 Å². The second kappa shape index (κ2) is 7.01. The monoisotopic (exact) mass is 270 g/mol. The van der Waals surface area contributed by atoms with Gasteiger partial charge in [0.15, 0.2) is 0 Å². The minimum Gasteiger partial charge on any atom is -0.481 e. The number of aryl methyl sites for hydroxylation is 1. The van der Waals surface area contributed by atoms with E-state index >= 15 is 0 Å². The molecule has 1 aromatic rings. The van der Waals surface area contributed by atoms with Crippen molar-refractivity contribution in [2.24, 2.45) is 0 Å². The lowest BCUT2D eigenvalue weighted by Gasteiger charge is -2.07. The van der Waals surface area contributed by atoms with Gasteiger partial charge in [-0.3, -0.25) is 4.79 Å². The van der Waals surface area contributed by atoms with E-state index in [1.54, 1.807) is 25.1 Å². The Hall–Kier alpha value is -1.55. The molecule has 0 saturated heterocycles. The second-order valence-corrected chi connectivity index (χ2v) is 4.05. The van der Waals surface area contributed by atoms with Gasteiger partial charge in [-0.2, -0.15) is 0 Å². The first kappa shape index (κ1) is 14.5. The molecule has 0 amide bonds. The van der Waals surface area contributed by atoms with Crippen LogP contribution in [0.25, 0.3) is 0 Å². The van der Waals surface area contributed by atoms with Crippen LogP contribution >= 0.6 is 11.6 Å². The highest BCUT2D eigenvalue weighted by Crippen LogP contribution is 2.15. The van der Waals surface area contributed by atoms with Crippen LogP contribution in [0.4, 0.5) is 0 Å². The van der Waals surface area contributed by atoms with E-state index in [0.717, 1.165) is 11.1 Å². The second-order valence-electron chi connectivity index (χ2n) is 3.79. The van der Waals surface area contributed by atoms with Gasteiger partial charge in [0.2, 0.25) is 0 Å². The maximum Gasteiger partial charge on any atom is 0.338 e. The number of hydrogen-bond acceptors (Lipinski definition) is 3. The summed E-state index contributed by atoms with van der Waals surface area (Å²) in [6.45, 7) is 2.03.